The number of ether oxygens (including phenoxy) is 1. The van der Waals surface area contributed by atoms with Gasteiger partial charge in [0.2, 0.25) is 6.23 Å². The van der Waals surface area contributed by atoms with E-state index in [-0.39, 0.29) is 29.2 Å². The van der Waals surface area contributed by atoms with E-state index in [1.807, 2.05) is 25.1 Å². The van der Waals surface area contributed by atoms with Crippen LogP contribution in [0, 0.1) is 0 Å². The highest BCUT2D eigenvalue weighted by atomic mass is 79.9. The van der Waals surface area contributed by atoms with Crippen LogP contribution in [0.5, 0.6) is 0 Å². The number of esters is 1. The lowest BCUT2D eigenvalue weighted by atomic mass is 10.1. The lowest BCUT2D eigenvalue weighted by Gasteiger charge is -2.41. The zero-order chi connectivity index (χ0) is 14.3. The highest BCUT2D eigenvalue weighted by Crippen LogP contribution is 2.20. The minimum Gasteiger partial charge on any atom is -1.00 e. The van der Waals surface area contributed by atoms with E-state index in [4.69, 9.17) is 4.74 Å². The summed E-state index contributed by atoms with van der Waals surface area (Å²) in [5.74, 6) is -0.357. The molecule has 0 radical (unpaired) electrons. The van der Waals surface area contributed by atoms with Crippen LogP contribution in [0.1, 0.15) is 26.3 Å². The molecule has 0 heterocycles. The van der Waals surface area contributed by atoms with Crippen LogP contribution in [-0.2, 0) is 16.1 Å². The molecule has 1 aromatic rings. The molecular formula is C16H24BrNO2. The molecule has 4 heteroatoms. The Morgan fingerprint density at radius 2 is 1.85 bits per heavy atom. The van der Waals surface area contributed by atoms with Gasteiger partial charge in [-0.15, -0.1) is 0 Å². The van der Waals surface area contributed by atoms with E-state index in [0.29, 0.717) is 0 Å². The summed E-state index contributed by atoms with van der Waals surface area (Å²) in [6.45, 7) is 12.4. The Morgan fingerprint density at radius 1 is 1.30 bits per heavy atom. The molecule has 20 heavy (non-hydrogen) atoms. The highest BCUT2D eigenvalue weighted by molar-refractivity contribution is 5.81. The van der Waals surface area contributed by atoms with Crippen LogP contribution in [0.15, 0.2) is 43.0 Å². The maximum atomic E-state index is 11.4. The second-order valence-corrected chi connectivity index (χ2v) is 4.74. The fraction of sp³-hybridized carbons (Fsp3) is 0.438. The van der Waals surface area contributed by atoms with Crippen molar-refractivity contribution in [3.8, 4) is 0 Å². The van der Waals surface area contributed by atoms with E-state index in [1.54, 1.807) is 0 Å². The Bertz CT molecular complexity index is 416. The average molecular weight is 342 g/mol. The van der Waals surface area contributed by atoms with E-state index in [9.17, 15) is 4.79 Å². The predicted octanol–water partition coefficient (Wildman–Crippen LogP) is 0.122. The van der Waals surface area contributed by atoms with Crippen molar-refractivity contribution in [2.24, 2.45) is 0 Å². The number of carbonyl (C=O) groups excluding carboxylic acids is 1. The Hall–Kier alpha value is -1.13. The van der Waals surface area contributed by atoms with Crippen LogP contribution in [0.2, 0.25) is 0 Å². The molecule has 0 saturated carbocycles. The summed E-state index contributed by atoms with van der Waals surface area (Å²) in [6.07, 6.45) is 1.04. The second kappa shape index (κ2) is 8.93. The summed E-state index contributed by atoms with van der Waals surface area (Å²) in [4.78, 5) is 11.4. The van der Waals surface area contributed by atoms with Crippen molar-refractivity contribution < 1.29 is 31.0 Å². The molecule has 3 nitrogen and oxygen atoms in total. The predicted molar refractivity (Wildman–Crippen MR) is 77.2 cm³/mol. The molecule has 1 aromatic carbocycles. The fourth-order valence-corrected chi connectivity index (χ4v) is 2.37. The normalized spacial score (nSPS) is 12.2. The zero-order valence-corrected chi connectivity index (χ0v) is 14.1. The number of nitrogens with zero attached hydrogens (tertiary/aromatic N) is 1. The first-order chi connectivity index (χ1) is 9.07. The van der Waals surface area contributed by atoms with Crippen LogP contribution in [0.3, 0.4) is 0 Å². The van der Waals surface area contributed by atoms with Crippen molar-refractivity contribution >= 4 is 5.97 Å². The van der Waals surface area contributed by atoms with Crippen LogP contribution < -0.4 is 17.0 Å². The van der Waals surface area contributed by atoms with Gasteiger partial charge in [-0.2, -0.15) is 0 Å². The van der Waals surface area contributed by atoms with Gasteiger partial charge in [-0.1, -0.05) is 36.9 Å². The maximum absolute atomic E-state index is 11.4. The number of carbonyl (C=O) groups is 1. The summed E-state index contributed by atoms with van der Waals surface area (Å²) in [7, 11) is 0. The largest absolute Gasteiger partial charge is 1.00 e. The lowest BCUT2D eigenvalue weighted by Crippen LogP contribution is -3.00. The van der Waals surface area contributed by atoms with E-state index < -0.39 is 0 Å². The van der Waals surface area contributed by atoms with E-state index >= 15 is 0 Å². The molecule has 0 N–H and O–H groups in total. The summed E-state index contributed by atoms with van der Waals surface area (Å²) in [5.41, 5.74) is 1.26. The standard InChI is InChI=1S/C16H24NO2.BrH/c1-5-16(18)19-14(4)17(6-2,7-3)13-15-11-9-8-10-12-15;/h5,8-12,14H,1,6-7,13H2,2-4H3;1H/q+1;/p-1. The van der Waals surface area contributed by atoms with E-state index in [1.165, 1.54) is 11.6 Å². The lowest BCUT2D eigenvalue weighted by molar-refractivity contribution is -0.976. The topological polar surface area (TPSA) is 26.3 Å². The van der Waals surface area contributed by atoms with Gasteiger partial charge >= 0.3 is 5.97 Å². The van der Waals surface area contributed by atoms with Crippen molar-refractivity contribution in [3.63, 3.8) is 0 Å². The van der Waals surface area contributed by atoms with Gasteiger partial charge in [0, 0.05) is 18.6 Å². The maximum Gasteiger partial charge on any atom is 0.334 e. The van der Waals surface area contributed by atoms with Crippen LogP contribution in [-0.4, -0.2) is 29.8 Å². The first-order valence-corrected chi connectivity index (χ1v) is 6.80. The number of benzene rings is 1. The number of rotatable bonds is 7. The molecule has 0 bridgehead atoms. The Morgan fingerprint density at radius 3 is 2.30 bits per heavy atom. The van der Waals surface area contributed by atoms with Gasteiger partial charge in [0.25, 0.3) is 0 Å². The molecular weight excluding hydrogens is 318 g/mol. The van der Waals surface area contributed by atoms with E-state index in [0.717, 1.165) is 24.1 Å². The third-order valence-electron chi connectivity index (χ3n) is 3.82. The molecule has 0 amide bonds. The van der Waals surface area contributed by atoms with Gasteiger partial charge in [0.1, 0.15) is 6.54 Å². The van der Waals surface area contributed by atoms with Crippen LogP contribution in [0.25, 0.3) is 0 Å². The number of quaternary nitrogens is 1. The van der Waals surface area contributed by atoms with Crippen molar-refractivity contribution in [1.29, 1.82) is 0 Å². The summed E-state index contributed by atoms with van der Waals surface area (Å²) in [6, 6.07) is 10.3. The van der Waals surface area contributed by atoms with Crippen molar-refractivity contribution in [2.45, 2.75) is 33.5 Å². The zero-order valence-electron chi connectivity index (χ0n) is 12.5. The minimum atomic E-state index is -0.357. The minimum absolute atomic E-state index is 0. The van der Waals surface area contributed by atoms with Gasteiger partial charge in [0.15, 0.2) is 0 Å². The summed E-state index contributed by atoms with van der Waals surface area (Å²) >= 11 is 0. The Labute approximate surface area is 132 Å². The third kappa shape index (κ3) is 4.76. The van der Waals surface area contributed by atoms with Crippen LogP contribution >= 0.6 is 0 Å². The molecule has 0 fully saturated rings. The monoisotopic (exact) mass is 341 g/mol. The molecule has 0 spiro atoms. The molecule has 0 aromatic heterocycles. The summed E-state index contributed by atoms with van der Waals surface area (Å²) in [5, 5.41) is 0. The molecule has 0 saturated heterocycles. The number of hydrogen-bond acceptors (Lipinski definition) is 2. The molecule has 0 aliphatic heterocycles. The fourth-order valence-electron chi connectivity index (χ4n) is 2.37. The quantitative estimate of drug-likeness (QED) is 0.305. The number of hydrogen-bond donors (Lipinski definition) is 0. The van der Waals surface area contributed by atoms with Gasteiger partial charge < -0.3 is 21.7 Å². The summed E-state index contributed by atoms with van der Waals surface area (Å²) < 4.78 is 6.16. The SMILES string of the molecule is C=CC(=O)OC(C)[N+](CC)(CC)Cc1ccccc1.[Br-]. The van der Waals surface area contributed by atoms with Crippen LogP contribution in [0.4, 0.5) is 0 Å². The first-order valence-electron chi connectivity index (χ1n) is 6.80. The van der Waals surface area contributed by atoms with Gasteiger partial charge in [-0.05, 0) is 13.8 Å². The first kappa shape index (κ1) is 18.9. The highest BCUT2D eigenvalue weighted by Gasteiger charge is 2.33. The van der Waals surface area contributed by atoms with Crippen molar-refractivity contribution in [2.75, 3.05) is 13.1 Å². The third-order valence-corrected chi connectivity index (χ3v) is 3.82. The second-order valence-electron chi connectivity index (χ2n) is 4.74. The molecule has 1 rings (SSSR count). The molecule has 1 atom stereocenters. The number of halogens is 1. The average Bonchev–Trinajstić information content (AvgIpc) is 2.45. The Kier molecular flexibility index (Phi) is 8.42. The van der Waals surface area contributed by atoms with Crippen molar-refractivity contribution in [3.05, 3.63) is 48.6 Å². The van der Waals surface area contributed by atoms with Gasteiger partial charge in [0.05, 0.1) is 13.1 Å². The smallest absolute Gasteiger partial charge is 0.334 e. The molecule has 0 aliphatic carbocycles. The van der Waals surface area contributed by atoms with Crippen molar-refractivity contribution in [1.82, 2.24) is 0 Å². The molecule has 112 valence electrons. The van der Waals surface area contributed by atoms with E-state index in [2.05, 4.69) is 32.6 Å². The van der Waals surface area contributed by atoms with Gasteiger partial charge in [-0.3, -0.25) is 4.48 Å². The molecule has 1 unspecified atom stereocenters. The molecule has 0 aliphatic rings. The van der Waals surface area contributed by atoms with Gasteiger partial charge in [-0.25, -0.2) is 4.79 Å². The Balaban J connectivity index is 0.00000361.